The number of likely N-dealkylation sites (N-methyl/N-ethyl adjacent to an activating group) is 1. The van der Waals surface area contributed by atoms with Crippen LogP contribution in [-0.4, -0.2) is 56.6 Å². The van der Waals surface area contributed by atoms with Crippen LogP contribution in [0.1, 0.15) is 5.89 Å². The van der Waals surface area contributed by atoms with Crippen LogP contribution in [0.3, 0.4) is 0 Å². The van der Waals surface area contributed by atoms with Crippen LogP contribution in [0.15, 0.2) is 51.9 Å². The van der Waals surface area contributed by atoms with E-state index in [0.29, 0.717) is 22.2 Å². The van der Waals surface area contributed by atoms with Gasteiger partial charge in [0.1, 0.15) is 0 Å². The third-order valence-corrected chi connectivity index (χ3v) is 6.49. The highest BCUT2D eigenvalue weighted by atomic mass is 35.5. The van der Waals surface area contributed by atoms with Gasteiger partial charge in [0.25, 0.3) is 0 Å². The van der Waals surface area contributed by atoms with E-state index in [1.54, 1.807) is 24.3 Å². The number of ether oxygens (including phenoxy) is 2. The summed E-state index contributed by atoms with van der Waals surface area (Å²) in [7, 11) is 0.220. The summed E-state index contributed by atoms with van der Waals surface area (Å²) in [4.78, 5) is 16.4. The second-order valence-corrected chi connectivity index (χ2v) is 9.05. The predicted octanol–water partition coefficient (Wildman–Crippen LogP) is 2.34. The summed E-state index contributed by atoms with van der Waals surface area (Å²) in [5.74, 6) is 0.638. The summed E-state index contributed by atoms with van der Waals surface area (Å²) in [5, 5.41) is 7.00. The number of carbonyl (C=O) groups is 1. The van der Waals surface area contributed by atoms with Crippen molar-refractivity contribution in [2.45, 2.75) is 11.4 Å². The molecule has 1 heterocycles. The van der Waals surface area contributed by atoms with Crippen LogP contribution in [0.4, 0.5) is 0 Å². The van der Waals surface area contributed by atoms with Crippen molar-refractivity contribution in [2.24, 2.45) is 0 Å². The summed E-state index contributed by atoms with van der Waals surface area (Å²) in [6.07, 6.45) is 0. The number of nitrogens with one attached hydrogen (secondary N) is 1. The van der Waals surface area contributed by atoms with Crippen molar-refractivity contribution in [3.05, 3.63) is 53.4 Å². The average Bonchev–Trinajstić information content (AvgIpc) is 3.26. The lowest BCUT2D eigenvalue weighted by atomic mass is 10.2. The van der Waals surface area contributed by atoms with E-state index < -0.39 is 22.5 Å². The molecule has 3 rings (SSSR count). The molecular formula is C20H21ClN4O6S. The van der Waals surface area contributed by atoms with E-state index >= 15 is 0 Å². The molecule has 0 radical (unpaired) electrons. The van der Waals surface area contributed by atoms with E-state index in [2.05, 4.69) is 15.5 Å². The molecule has 32 heavy (non-hydrogen) atoms. The largest absolute Gasteiger partial charge is 0.493 e. The Morgan fingerprint density at radius 3 is 2.47 bits per heavy atom. The van der Waals surface area contributed by atoms with Gasteiger partial charge in [0, 0.05) is 23.7 Å². The number of aromatic nitrogens is 2. The Kier molecular flexibility index (Phi) is 7.33. The lowest BCUT2D eigenvalue weighted by Gasteiger charge is -2.17. The fraction of sp³-hybridized carbons (Fsp3) is 0.250. The van der Waals surface area contributed by atoms with Crippen LogP contribution < -0.4 is 14.8 Å². The van der Waals surface area contributed by atoms with Crippen LogP contribution in [0.25, 0.3) is 11.4 Å². The van der Waals surface area contributed by atoms with Gasteiger partial charge in [0.05, 0.1) is 32.2 Å². The Morgan fingerprint density at radius 2 is 1.81 bits per heavy atom. The monoisotopic (exact) mass is 480 g/mol. The second-order valence-electron chi connectivity index (χ2n) is 6.57. The number of sulfonamides is 1. The molecule has 2 aromatic carbocycles. The molecule has 0 bridgehead atoms. The molecule has 1 amide bonds. The fourth-order valence-electron chi connectivity index (χ4n) is 2.72. The van der Waals surface area contributed by atoms with E-state index in [1.165, 1.54) is 39.5 Å². The summed E-state index contributed by atoms with van der Waals surface area (Å²) >= 11 is 5.86. The minimum Gasteiger partial charge on any atom is -0.493 e. The van der Waals surface area contributed by atoms with Crippen molar-refractivity contribution < 1.29 is 27.2 Å². The van der Waals surface area contributed by atoms with Crippen molar-refractivity contribution in [3.8, 4) is 22.9 Å². The standard InChI is InChI=1S/C20H21ClN4O6S/c1-25(32(27,28)15-8-9-16(29-2)17(10-15)30-3)12-18(26)22-11-19-23-20(24-31-19)13-4-6-14(21)7-5-13/h4-10H,11-12H2,1-3H3,(H,22,26). The molecule has 0 aliphatic heterocycles. The van der Waals surface area contributed by atoms with Gasteiger partial charge in [-0.05, 0) is 36.4 Å². The maximum atomic E-state index is 12.8. The number of carbonyl (C=O) groups excluding carboxylic acids is 1. The molecule has 170 valence electrons. The molecular weight excluding hydrogens is 460 g/mol. The van der Waals surface area contributed by atoms with Crippen molar-refractivity contribution in [2.75, 3.05) is 27.8 Å². The number of hydrogen-bond acceptors (Lipinski definition) is 8. The van der Waals surface area contributed by atoms with Crippen LogP contribution >= 0.6 is 11.6 Å². The third kappa shape index (κ3) is 5.36. The first kappa shape index (κ1) is 23.5. The summed E-state index contributed by atoms with van der Waals surface area (Å²) in [6, 6.07) is 11.1. The van der Waals surface area contributed by atoms with Gasteiger partial charge in [0.2, 0.25) is 27.6 Å². The molecule has 10 nitrogen and oxygen atoms in total. The Balaban J connectivity index is 1.60. The number of rotatable bonds is 9. The highest BCUT2D eigenvalue weighted by molar-refractivity contribution is 7.89. The average molecular weight is 481 g/mol. The molecule has 3 aromatic rings. The van der Waals surface area contributed by atoms with Crippen molar-refractivity contribution in [1.29, 1.82) is 0 Å². The minimum absolute atomic E-state index is 0.0324. The van der Waals surface area contributed by atoms with Crippen LogP contribution in [0.5, 0.6) is 11.5 Å². The topological polar surface area (TPSA) is 124 Å². The maximum absolute atomic E-state index is 12.8. The molecule has 0 aliphatic carbocycles. The Labute approximate surface area is 190 Å². The van der Waals surface area contributed by atoms with Gasteiger partial charge in [-0.1, -0.05) is 16.8 Å². The third-order valence-electron chi connectivity index (χ3n) is 4.44. The molecule has 0 fully saturated rings. The summed E-state index contributed by atoms with van der Waals surface area (Å²) in [6.45, 7) is -0.460. The Bertz CT molecular complexity index is 1200. The van der Waals surface area contributed by atoms with Crippen molar-refractivity contribution in [1.82, 2.24) is 19.8 Å². The Morgan fingerprint density at radius 1 is 1.12 bits per heavy atom. The smallest absolute Gasteiger partial charge is 0.246 e. The van der Waals surface area contributed by atoms with Crippen LogP contribution in [0.2, 0.25) is 5.02 Å². The number of hydrogen-bond donors (Lipinski definition) is 1. The molecule has 0 aliphatic rings. The van der Waals surface area contributed by atoms with E-state index in [9.17, 15) is 13.2 Å². The molecule has 12 heteroatoms. The number of amides is 1. The van der Waals surface area contributed by atoms with Crippen LogP contribution in [-0.2, 0) is 21.4 Å². The van der Waals surface area contributed by atoms with E-state index in [1.807, 2.05) is 0 Å². The number of halogens is 1. The molecule has 0 saturated heterocycles. The first-order valence-electron chi connectivity index (χ1n) is 9.28. The SMILES string of the molecule is COc1ccc(S(=O)(=O)N(C)CC(=O)NCc2nc(-c3ccc(Cl)cc3)no2)cc1OC. The maximum Gasteiger partial charge on any atom is 0.246 e. The predicted molar refractivity (Wildman–Crippen MR) is 116 cm³/mol. The van der Waals surface area contributed by atoms with E-state index in [4.69, 9.17) is 25.6 Å². The van der Waals surface area contributed by atoms with Gasteiger partial charge < -0.3 is 19.3 Å². The molecule has 0 saturated carbocycles. The number of nitrogens with zero attached hydrogens (tertiary/aromatic N) is 3. The van der Waals surface area contributed by atoms with Gasteiger partial charge in [-0.2, -0.15) is 9.29 Å². The highest BCUT2D eigenvalue weighted by Gasteiger charge is 2.24. The lowest BCUT2D eigenvalue weighted by Crippen LogP contribution is -2.38. The van der Waals surface area contributed by atoms with Gasteiger partial charge in [-0.3, -0.25) is 4.79 Å². The van der Waals surface area contributed by atoms with Gasteiger partial charge >= 0.3 is 0 Å². The zero-order valence-electron chi connectivity index (χ0n) is 17.5. The zero-order chi connectivity index (χ0) is 23.3. The van der Waals surface area contributed by atoms with Gasteiger partial charge in [0.15, 0.2) is 11.5 Å². The number of benzene rings is 2. The second kappa shape index (κ2) is 9.98. The van der Waals surface area contributed by atoms with Crippen molar-refractivity contribution in [3.63, 3.8) is 0 Å². The normalized spacial score (nSPS) is 11.4. The van der Waals surface area contributed by atoms with E-state index in [0.717, 1.165) is 4.31 Å². The van der Waals surface area contributed by atoms with Gasteiger partial charge in [-0.25, -0.2) is 8.42 Å². The highest BCUT2D eigenvalue weighted by Crippen LogP contribution is 2.30. The van der Waals surface area contributed by atoms with Crippen molar-refractivity contribution >= 4 is 27.5 Å². The number of methoxy groups -OCH3 is 2. The van der Waals surface area contributed by atoms with Crippen LogP contribution in [0, 0.1) is 0 Å². The first-order chi connectivity index (χ1) is 15.2. The first-order valence-corrected chi connectivity index (χ1v) is 11.1. The molecule has 0 spiro atoms. The fourth-order valence-corrected chi connectivity index (χ4v) is 3.99. The Hall–Kier alpha value is -3.15. The zero-order valence-corrected chi connectivity index (χ0v) is 19.1. The van der Waals surface area contributed by atoms with Gasteiger partial charge in [-0.15, -0.1) is 0 Å². The molecule has 1 aromatic heterocycles. The quantitative estimate of drug-likeness (QED) is 0.495. The molecule has 0 atom stereocenters. The van der Waals surface area contributed by atoms with E-state index in [-0.39, 0.29) is 23.1 Å². The molecule has 0 unspecified atom stereocenters. The summed E-state index contributed by atoms with van der Waals surface area (Å²) < 4.78 is 41.9. The molecule has 1 N–H and O–H groups in total. The summed E-state index contributed by atoms with van der Waals surface area (Å²) in [5.41, 5.74) is 0.705. The minimum atomic E-state index is -3.94. The lowest BCUT2D eigenvalue weighted by molar-refractivity contribution is -0.121.